The number of hydrogen-bond acceptors (Lipinski definition) is 6. The molecule has 1 aromatic carbocycles. The van der Waals surface area contributed by atoms with Crippen molar-refractivity contribution in [1.82, 2.24) is 13.9 Å². The van der Waals surface area contributed by atoms with Crippen molar-refractivity contribution in [1.29, 1.82) is 0 Å². The van der Waals surface area contributed by atoms with Crippen LogP contribution in [0.2, 0.25) is 0 Å². The van der Waals surface area contributed by atoms with Crippen molar-refractivity contribution in [2.75, 3.05) is 20.2 Å². The molecule has 4 rings (SSSR count). The Bertz CT molecular complexity index is 1340. The number of carboxylic acids is 1. The van der Waals surface area contributed by atoms with Crippen LogP contribution in [0.3, 0.4) is 0 Å². The van der Waals surface area contributed by atoms with Gasteiger partial charge in [-0.1, -0.05) is 6.08 Å². The Morgan fingerprint density at radius 1 is 1.18 bits per heavy atom. The monoisotopic (exact) mass is 485 g/mol. The van der Waals surface area contributed by atoms with E-state index in [9.17, 15) is 18.3 Å². The van der Waals surface area contributed by atoms with E-state index in [1.54, 1.807) is 41.1 Å². The van der Waals surface area contributed by atoms with Gasteiger partial charge in [-0.2, -0.15) is 9.29 Å². The van der Waals surface area contributed by atoms with Gasteiger partial charge < -0.3 is 19.1 Å². The maximum atomic E-state index is 13.1. The van der Waals surface area contributed by atoms with E-state index in [4.69, 9.17) is 9.47 Å². The van der Waals surface area contributed by atoms with E-state index in [0.29, 0.717) is 30.2 Å². The zero-order chi connectivity index (χ0) is 24.5. The van der Waals surface area contributed by atoms with Crippen LogP contribution in [0.25, 0.3) is 16.6 Å². The molecule has 3 heterocycles. The van der Waals surface area contributed by atoms with Crippen molar-refractivity contribution in [3.05, 3.63) is 54.2 Å². The highest BCUT2D eigenvalue weighted by Crippen LogP contribution is 2.33. The Morgan fingerprint density at radius 2 is 1.91 bits per heavy atom. The van der Waals surface area contributed by atoms with Crippen LogP contribution >= 0.6 is 0 Å². The van der Waals surface area contributed by atoms with E-state index in [1.165, 1.54) is 11.4 Å². The lowest BCUT2D eigenvalue weighted by Crippen LogP contribution is -2.34. The minimum atomic E-state index is -3.65. The summed E-state index contributed by atoms with van der Waals surface area (Å²) in [5.41, 5.74) is 2.31. The summed E-state index contributed by atoms with van der Waals surface area (Å²) in [5, 5.41) is 10.1. The summed E-state index contributed by atoms with van der Waals surface area (Å²) in [6.07, 6.45) is 4.13. The van der Waals surface area contributed by atoms with Crippen molar-refractivity contribution in [2.45, 2.75) is 37.8 Å². The van der Waals surface area contributed by atoms with Crippen molar-refractivity contribution < 1.29 is 27.8 Å². The van der Waals surface area contributed by atoms with E-state index in [-0.39, 0.29) is 24.1 Å². The van der Waals surface area contributed by atoms with Gasteiger partial charge in [0.25, 0.3) is 0 Å². The largest absolute Gasteiger partial charge is 0.491 e. The highest BCUT2D eigenvalue weighted by atomic mass is 32.2. The highest BCUT2D eigenvalue weighted by molar-refractivity contribution is 7.89. The zero-order valence-electron chi connectivity index (χ0n) is 19.3. The summed E-state index contributed by atoms with van der Waals surface area (Å²) in [7, 11) is -2.15. The lowest BCUT2D eigenvalue weighted by molar-refractivity contribution is -0.137. The van der Waals surface area contributed by atoms with E-state index >= 15 is 0 Å². The minimum Gasteiger partial charge on any atom is -0.491 e. The molecular weight excluding hydrogens is 458 g/mol. The quantitative estimate of drug-likeness (QED) is 0.521. The molecule has 0 amide bonds. The van der Waals surface area contributed by atoms with Gasteiger partial charge in [-0.3, -0.25) is 4.79 Å². The van der Waals surface area contributed by atoms with Crippen LogP contribution in [0.4, 0.5) is 0 Å². The molecule has 0 aliphatic carbocycles. The second-order valence-electron chi connectivity index (χ2n) is 8.27. The van der Waals surface area contributed by atoms with Crippen LogP contribution < -0.4 is 9.47 Å². The fourth-order valence-corrected chi connectivity index (χ4v) is 5.39. The number of sulfonamides is 1. The van der Waals surface area contributed by atoms with Gasteiger partial charge in [0.1, 0.15) is 17.9 Å². The van der Waals surface area contributed by atoms with Gasteiger partial charge in [0.15, 0.2) is 0 Å². The number of aromatic nitrogens is 2. The Morgan fingerprint density at radius 3 is 2.50 bits per heavy atom. The molecule has 10 heteroatoms. The van der Waals surface area contributed by atoms with Crippen LogP contribution in [0.5, 0.6) is 11.6 Å². The third-order valence-corrected chi connectivity index (χ3v) is 7.44. The van der Waals surface area contributed by atoms with Crippen molar-refractivity contribution >= 4 is 32.6 Å². The molecule has 0 atom stereocenters. The molecule has 0 saturated carbocycles. The van der Waals surface area contributed by atoms with Crippen molar-refractivity contribution in [3.8, 4) is 11.6 Å². The second-order valence-corrected chi connectivity index (χ2v) is 10.2. The van der Waals surface area contributed by atoms with Crippen molar-refractivity contribution in [2.24, 2.45) is 0 Å². The molecule has 2 aromatic heterocycles. The predicted octanol–water partition coefficient (Wildman–Crippen LogP) is 3.39. The van der Waals surface area contributed by atoms with Crippen LogP contribution in [-0.4, -0.2) is 59.7 Å². The predicted molar refractivity (Wildman–Crippen MR) is 127 cm³/mol. The molecule has 0 bridgehead atoms. The number of aliphatic carboxylic acids is 1. The number of ether oxygens (including phenoxy) is 2. The zero-order valence-corrected chi connectivity index (χ0v) is 20.1. The third kappa shape index (κ3) is 4.78. The van der Waals surface area contributed by atoms with Gasteiger partial charge in [0, 0.05) is 36.3 Å². The van der Waals surface area contributed by atoms with Crippen LogP contribution in [-0.2, 0) is 21.4 Å². The smallest absolute Gasteiger partial charge is 0.323 e. The molecule has 3 aromatic rings. The maximum Gasteiger partial charge on any atom is 0.323 e. The summed E-state index contributed by atoms with van der Waals surface area (Å²) in [5.74, 6) is 0.0361. The number of rotatable bonds is 8. The fraction of sp³-hybridized carbons (Fsp3) is 0.333. The van der Waals surface area contributed by atoms with Crippen LogP contribution in [0.1, 0.15) is 25.8 Å². The van der Waals surface area contributed by atoms with E-state index in [2.05, 4.69) is 4.98 Å². The standard InChI is InChI=1S/C24H27N3O6S/c1-16(2)33-18-4-6-19(7-5-18)34(30,31)27-12-10-17(11-13-27)21-14-26(15-23(28)29)24-20(21)8-9-22(25-24)32-3/h4-10,14,16H,11-13,15H2,1-3H3,(H,28,29). The Hall–Kier alpha value is -3.37. The summed E-state index contributed by atoms with van der Waals surface area (Å²) >= 11 is 0. The second kappa shape index (κ2) is 9.47. The van der Waals surface area contributed by atoms with Gasteiger partial charge in [0.05, 0.1) is 18.1 Å². The average molecular weight is 486 g/mol. The molecule has 34 heavy (non-hydrogen) atoms. The number of nitrogens with zero attached hydrogens (tertiary/aromatic N) is 3. The van der Waals surface area contributed by atoms with E-state index in [1.807, 2.05) is 26.0 Å². The lowest BCUT2D eigenvalue weighted by atomic mass is 10.0. The number of pyridine rings is 1. The molecule has 0 saturated heterocycles. The first-order valence-electron chi connectivity index (χ1n) is 10.9. The molecule has 0 unspecified atom stereocenters. The van der Waals surface area contributed by atoms with Crippen molar-refractivity contribution in [3.63, 3.8) is 0 Å². The molecular formula is C24H27N3O6S. The molecule has 9 nitrogen and oxygen atoms in total. The van der Waals surface area contributed by atoms with Gasteiger partial charge in [-0.25, -0.2) is 8.42 Å². The summed E-state index contributed by atoms with van der Waals surface area (Å²) in [6, 6.07) is 10.0. The number of fused-ring (bicyclic) bond motifs is 1. The highest BCUT2D eigenvalue weighted by Gasteiger charge is 2.27. The Kier molecular flexibility index (Phi) is 6.63. The minimum absolute atomic E-state index is 0.00541. The normalized spacial score (nSPS) is 14.9. The SMILES string of the molecule is COc1ccc2c(C3=CCN(S(=O)(=O)c4ccc(OC(C)C)cc4)CC3)cn(CC(=O)O)c2n1. The summed E-state index contributed by atoms with van der Waals surface area (Å²) < 4.78 is 40.1. The fourth-order valence-electron chi connectivity index (χ4n) is 4.01. The summed E-state index contributed by atoms with van der Waals surface area (Å²) in [6.45, 7) is 4.12. The van der Waals surface area contributed by atoms with Gasteiger partial charge in [-0.05, 0) is 56.2 Å². The number of carbonyl (C=O) groups is 1. The first-order valence-corrected chi connectivity index (χ1v) is 12.3. The van der Waals surface area contributed by atoms with Gasteiger partial charge in [-0.15, -0.1) is 0 Å². The number of benzene rings is 1. The molecule has 1 aliphatic rings. The molecule has 0 radical (unpaired) electrons. The summed E-state index contributed by atoms with van der Waals surface area (Å²) in [4.78, 5) is 16.0. The number of methoxy groups -OCH3 is 1. The Balaban J connectivity index is 1.59. The third-order valence-electron chi connectivity index (χ3n) is 5.56. The van der Waals surface area contributed by atoms with Crippen LogP contribution in [0.15, 0.2) is 53.6 Å². The molecule has 1 aliphatic heterocycles. The topological polar surface area (TPSA) is 111 Å². The van der Waals surface area contributed by atoms with E-state index in [0.717, 1.165) is 16.5 Å². The molecule has 0 fully saturated rings. The number of carboxylic acid groups (broad SMARTS) is 1. The molecule has 180 valence electrons. The van der Waals surface area contributed by atoms with Gasteiger partial charge in [0.2, 0.25) is 15.9 Å². The first-order chi connectivity index (χ1) is 16.2. The first kappa shape index (κ1) is 23.8. The van der Waals surface area contributed by atoms with E-state index < -0.39 is 16.0 Å². The average Bonchev–Trinajstić information content (AvgIpc) is 3.16. The maximum absolute atomic E-state index is 13.1. The lowest BCUT2D eigenvalue weighted by Gasteiger charge is -2.26. The Labute approximate surface area is 198 Å². The van der Waals surface area contributed by atoms with Gasteiger partial charge >= 0.3 is 5.97 Å². The number of hydrogen-bond donors (Lipinski definition) is 1. The molecule has 1 N–H and O–H groups in total. The van der Waals surface area contributed by atoms with Crippen LogP contribution in [0, 0.1) is 0 Å². The molecule has 0 spiro atoms.